The van der Waals surface area contributed by atoms with Crippen LogP contribution in [0.25, 0.3) is 0 Å². The third-order valence-corrected chi connectivity index (χ3v) is 7.34. The molecule has 1 aliphatic heterocycles. The Kier molecular flexibility index (Phi) is 4.43. The van der Waals surface area contributed by atoms with Crippen LogP contribution >= 0.6 is 0 Å². The first-order valence-corrected chi connectivity index (χ1v) is 11.7. The lowest BCUT2D eigenvalue weighted by Gasteiger charge is -2.17. The van der Waals surface area contributed by atoms with Gasteiger partial charge in [-0.1, -0.05) is 0 Å². The van der Waals surface area contributed by atoms with E-state index in [4.69, 9.17) is 9.88 Å². The maximum Gasteiger partial charge on any atom is 0.354 e. The number of amides is 2. The van der Waals surface area contributed by atoms with E-state index in [1.54, 1.807) is 0 Å². The van der Waals surface area contributed by atoms with Gasteiger partial charge in [-0.3, -0.25) is 0 Å². The molecule has 11 heteroatoms. The van der Waals surface area contributed by atoms with Gasteiger partial charge in [0.2, 0.25) is 5.88 Å². The molecule has 2 aliphatic carbocycles. The maximum absolute atomic E-state index is 14.8. The molecule has 0 spiro atoms. The van der Waals surface area contributed by atoms with Crippen LogP contribution in [0.5, 0.6) is 5.88 Å². The van der Waals surface area contributed by atoms with Crippen LogP contribution in [0.2, 0.25) is 0 Å². The molecule has 31 heavy (non-hydrogen) atoms. The first-order valence-electron chi connectivity index (χ1n) is 10.2. The van der Waals surface area contributed by atoms with Gasteiger partial charge in [-0.2, -0.15) is 5.10 Å². The van der Waals surface area contributed by atoms with Crippen molar-refractivity contribution in [2.45, 2.75) is 69.2 Å². The Balaban J connectivity index is 1.50. The summed E-state index contributed by atoms with van der Waals surface area (Å²) in [5.41, 5.74) is 1.77. The second kappa shape index (κ2) is 6.73. The highest BCUT2D eigenvalue weighted by atomic mass is 32.2. The van der Waals surface area contributed by atoms with E-state index in [1.165, 1.54) is 10.9 Å². The molecule has 0 fully saturated rings. The van der Waals surface area contributed by atoms with Crippen LogP contribution in [0.1, 0.15) is 42.5 Å². The van der Waals surface area contributed by atoms with E-state index in [0.717, 1.165) is 6.42 Å². The number of nitrogens with two attached hydrogens (primary N) is 1. The van der Waals surface area contributed by atoms with Crippen molar-refractivity contribution in [3.63, 3.8) is 0 Å². The highest BCUT2D eigenvalue weighted by molar-refractivity contribution is 7.91. The molecule has 0 unspecified atom stereocenters. The van der Waals surface area contributed by atoms with E-state index in [0.29, 0.717) is 47.3 Å². The van der Waals surface area contributed by atoms with Crippen molar-refractivity contribution in [3.05, 3.63) is 34.3 Å². The van der Waals surface area contributed by atoms with Gasteiger partial charge in [0.15, 0.2) is 9.92 Å². The smallest absolute Gasteiger partial charge is 0.354 e. The van der Waals surface area contributed by atoms with Crippen LogP contribution in [-0.2, 0) is 42.1 Å². The van der Waals surface area contributed by atoms with Crippen molar-refractivity contribution in [1.29, 1.82) is 0 Å². The lowest BCUT2D eigenvalue weighted by molar-refractivity contribution is 0.132. The molecule has 1 aromatic heterocycles. The monoisotopic (exact) mass is 451 g/mol. The Hall–Kier alpha value is -2.53. The third kappa shape index (κ3) is 3.30. The lowest BCUT2D eigenvalue weighted by Crippen LogP contribution is -2.27. The van der Waals surface area contributed by atoms with Gasteiger partial charge in [-0.05, 0) is 55.4 Å². The zero-order valence-corrected chi connectivity index (χ0v) is 18.0. The number of hydrogen-bond donors (Lipinski definition) is 2. The molecule has 8 nitrogen and oxygen atoms in total. The van der Waals surface area contributed by atoms with Crippen LogP contribution in [0.15, 0.2) is 15.5 Å². The predicted octanol–water partition coefficient (Wildman–Crippen LogP) is 3.05. The molecule has 166 valence electrons. The summed E-state index contributed by atoms with van der Waals surface area (Å²) in [6.07, 6.45) is 1.94. The van der Waals surface area contributed by atoms with Crippen LogP contribution in [-0.4, -0.2) is 31.8 Å². The molecule has 0 bridgehead atoms. The summed E-state index contributed by atoms with van der Waals surface area (Å²) in [5.74, 6) is -0.145. The molecule has 3 N–H and O–H groups in total. The van der Waals surface area contributed by atoms with Gasteiger partial charge in [-0.15, -0.1) is 4.36 Å². The number of ether oxygens (including phenoxy) is 1. The topological polar surface area (TPSA) is 112 Å². The summed E-state index contributed by atoms with van der Waals surface area (Å²) in [7, 11) is -3.65. The highest BCUT2D eigenvalue weighted by Crippen LogP contribution is 2.42. The number of rotatable bonds is 2. The van der Waals surface area contributed by atoms with Gasteiger partial charge in [0.05, 0.1) is 12.7 Å². The number of nitrogens with one attached hydrogen (secondary N) is 1. The molecular weight excluding hydrogens is 428 g/mol. The Labute approximate surface area is 178 Å². The number of hydrogen-bond acceptors (Lipinski definition) is 4. The van der Waals surface area contributed by atoms with Crippen LogP contribution in [0.3, 0.4) is 0 Å². The van der Waals surface area contributed by atoms with Gasteiger partial charge in [0.1, 0.15) is 22.5 Å². The number of anilines is 1. The summed E-state index contributed by atoms with van der Waals surface area (Å²) < 4.78 is 53.0. The van der Waals surface area contributed by atoms with Crippen molar-refractivity contribution in [2.75, 3.05) is 5.32 Å². The van der Waals surface area contributed by atoms with E-state index < -0.39 is 27.7 Å². The normalized spacial score (nSPS) is 22.3. The van der Waals surface area contributed by atoms with E-state index in [-0.39, 0.29) is 29.4 Å². The number of urea groups is 1. The number of carbonyl (C=O) groups excluding carboxylic acids is 1. The Morgan fingerprint density at radius 2 is 2.03 bits per heavy atom. The molecule has 0 saturated heterocycles. The van der Waals surface area contributed by atoms with Gasteiger partial charge < -0.3 is 10.1 Å². The number of benzene rings is 1. The fraction of sp³-hybridized carbons (Fsp3) is 0.500. The molecule has 3 aliphatic rings. The zero-order valence-electron chi connectivity index (χ0n) is 17.2. The van der Waals surface area contributed by atoms with E-state index in [2.05, 4.69) is 14.8 Å². The predicted molar refractivity (Wildman–Crippen MR) is 110 cm³/mol. The van der Waals surface area contributed by atoms with E-state index in [1.807, 2.05) is 13.8 Å². The summed E-state index contributed by atoms with van der Waals surface area (Å²) in [5, 5.41) is 12.7. The Bertz CT molecular complexity index is 1250. The van der Waals surface area contributed by atoms with Crippen LogP contribution in [0.4, 0.5) is 19.3 Å². The average molecular weight is 451 g/mol. The summed E-state index contributed by atoms with van der Waals surface area (Å²) in [6.45, 7) is 4.14. The molecule has 5 rings (SSSR count). The summed E-state index contributed by atoms with van der Waals surface area (Å²) in [4.78, 5) is 12.8. The molecule has 0 saturated carbocycles. The molecule has 0 radical (unpaired) electrons. The van der Waals surface area contributed by atoms with Gasteiger partial charge in [-0.25, -0.2) is 27.6 Å². The fourth-order valence-electron chi connectivity index (χ4n) is 4.74. The van der Waals surface area contributed by atoms with Gasteiger partial charge >= 0.3 is 6.03 Å². The molecular formula is C20H23F2N5O3S. The van der Waals surface area contributed by atoms with Gasteiger partial charge in [0, 0.05) is 18.5 Å². The quantitative estimate of drug-likeness (QED) is 0.731. The number of fused-ring (bicyclic) bond motifs is 3. The molecule has 2 aromatic rings. The first-order chi connectivity index (χ1) is 14.6. The minimum atomic E-state index is -3.65. The van der Waals surface area contributed by atoms with Crippen molar-refractivity contribution < 1.29 is 22.5 Å². The van der Waals surface area contributed by atoms with Crippen molar-refractivity contribution in [3.8, 4) is 5.88 Å². The van der Waals surface area contributed by atoms with E-state index in [9.17, 15) is 17.8 Å². The zero-order chi connectivity index (χ0) is 22.1. The number of aromatic nitrogens is 2. The second-order valence-electron chi connectivity index (χ2n) is 8.89. The average Bonchev–Trinajstić information content (AvgIpc) is 3.40. The molecule has 2 heterocycles. The van der Waals surface area contributed by atoms with Gasteiger partial charge in [0.25, 0.3) is 0 Å². The van der Waals surface area contributed by atoms with Crippen molar-refractivity contribution in [1.82, 2.24) is 9.78 Å². The van der Waals surface area contributed by atoms with Crippen molar-refractivity contribution >= 4 is 21.6 Å². The summed E-state index contributed by atoms with van der Waals surface area (Å²) in [6, 6.07) is -0.935. The molecule has 2 atom stereocenters. The number of halogens is 2. The Morgan fingerprint density at radius 3 is 2.81 bits per heavy atom. The number of alkyl halides is 1. The minimum Gasteiger partial charge on any atom is -0.469 e. The fourth-order valence-corrected chi connectivity index (χ4v) is 5.73. The van der Waals surface area contributed by atoms with Crippen LogP contribution < -0.4 is 15.2 Å². The number of carbonyl (C=O) groups is 1. The third-order valence-electron chi connectivity index (χ3n) is 6.00. The second-order valence-corrected chi connectivity index (χ2v) is 10.6. The highest BCUT2D eigenvalue weighted by Gasteiger charge is 2.36. The molecule has 1 aromatic carbocycles. The van der Waals surface area contributed by atoms with Crippen molar-refractivity contribution in [2.24, 2.45) is 9.50 Å². The summed E-state index contributed by atoms with van der Waals surface area (Å²) >= 11 is 0. The Morgan fingerprint density at radius 1 is 1.32 bits per heavy atom. The minimum absolute atomic E-state index is 0.0161. The van der Waals surface area contributed by atoms with E-state index >= 15 is 0 Å². The van der Waals surface area contributed by atoms with Crippen LogP contribution in [0, 0.1) is 5.82 Å². The molecule has 2 amide bonds. The number of nitrogens with zero attached hydrogens (tertiary/aromatic N) is 3. The largest absolute Gasteiger partial charge is 0.469 e. The maximum atomic E-state index is 14.8. The lowest BCUT2D eigenvalue weighted by atomic mass is 9.98. The first kappa shape index (κ1) is 20.4. The standard InChI is InChI=1S/C20H23F2N5O3S/c1-20(2)9-27-18(30-20)15(8-24-27)31(23,29)26-19(28)25-17-12-5-3-4-11(12)16(22)13-6-10(21)7-14(13)17/h8,10H,3-7,9H2,1-2H3,(H3,23,25,26,28,29)/t10-,31-/m0/s1. The SMILES string of the molecule is CC1(C)Cn2ncc([S@@](N)(=O)=NC(=O)Nc3c4c(c(F)c5c3C[C@@H](F)C5)CCC4)c2O1.